The van der Waals surface area contributed by atoms with Crippen molar-refractivity contribution >= 4 is 6.08 Å². The Balaban J connectivity index is 2.36. The van der Waals surface area contributed by atoms with Crippen molar-refractivity contribution in [1.29, 1.82) is 0 Å². The van der Waals surface area contributed by atoms with Crippen molar-refractivity contribution in [3.8, 4) is 0 Å². The number of likely N-dealkylation sites (N-methyl/N-ethyl adjacent to an activating group) is 2. The maximum atomic E-state index is 3.46. The van der Waals surface area contributed by atoms with Crippen LogP contribution in [0.25, 0.3) is 6.08 Å². The number of hydrogen-bond acceptors (Lipinski definition) is 3. The summed E-state index contributed by atoms with van der Waals surface area (Å²) in [5, 5.41) is 10.3. The Labute approximate surface area is 122 Å². The van der Waals surface area contributed by atoms with Gasteiger partial charge < -0.3 is 5.32 Å². The summed E-state index contributed by atoms with van der Waals surface area (Å²) in [6, 6.07) is 10.4. The van der Waals surface area contributed by atoms with E-state index in [4.69, 9.17) is 0 Å². The van der Waals surface area contributed by atoms with Crippen LogP contribution in [0.4, 0.5) is 0 Å². The minimum Gasteiger partial charge on any atom is -0.391 e. The van der Waals surface area contributed by atoms with Crippen LogP contribution in [-0.2, 0) is 0 Å². The number of hydrogen-bond donors (Lipinski definition) is 3. The van der Waals surface area contributed by atoms with E-state index < -0.39 is 0 Å². The molecule has 1 aromatic rings. The van der Waals surface area contributed by atoms with Crippen LogP contribution < -0.4 is 16.0 Å². The Morgan fingerprint density at radius 3 is 2.30 bits per heavy atom. The summed E-state index contributed by atoms with van der Waals surface area (Å²) in [7, 11) is 6.05. The monoisotopic (exact) mass is 271 g/mol. The molecule has 0 bridgehead atoms. The standard InChI is InChI=1S/C17H25N3/c1-18-16-10-7-13-17(19-2,20-3)15(16)12-11-14-8-5-4-6-9-14/h4-6,8-9,11-12,18-20H,7,10,13H2,1-3H3. The lowest BCUT2D eigenvalue weighted by Gasteiger charge is -2.39. The Morgan fingerprint density at radius 2 is 1.70 bits per heavy atom. The van der Waals surface area contributed by atoms with Gasteiger partial charge >= 0.3 is 0 Å². The van der Waals surface area contributed by atoms with Crippen molar-refractivity contribution in [1.82, 2.24) is 16.0 Å². The molecule has 3 N–H and O–H groups in total. The largest absolute Gasteiger partial charge is 0.391 e. The molecule has 3 nitrogen and oxygen atoms in total. The molecule has 0 unspecified atom stereocenters. The van der Waals surface area contributed by atoms with Gasteiger partial charge in [-0.15, -0.1) is 0 Å². The average Bonchev–Trinajstić information content (AvgIpc) is 2.53. The maximum Gasteiger partial charge on any atom is 0.0961 e. The third-order valence-corrected chi connectivity index (χ3v) is 4.16. The van der Waals surface area contributed by atoms with Crippen molar-refractivity contribution in [2.45, 2.75) is 24.9 Å². The van der Waals surface area contributed by atoms with Gasteiger partial charge in [0, 0.05) is 18.3 Å². The first kappa shape index (κ1) is 14.8. The van der Waals surface area contributed by atoms with Crippen molar-refractivity contribution in [2.24, 2.45) is 0 Å². The Hall–Kier alpha value is -1.58. The fourth-order valence-electron chi connectivity index (χ4n) is 2.95. The number of benzene rings is 1. The summed E-state index contributed by atoms with van der Waals surface area (Å²) < 4.78 is 0. The molecule has 1 aromatic carbocycles. The van der Waals surface area contributed by atoms with E-state index >= 15 is 0 Å². The molecule has 0 fully saturated rings. The second-order valence-electron chi connectivity index (χ2n) is 5.15. The minimum absolute atomic E-state index is 0.137. The molecule has 0 amide bonds. The summed E-state index contributed by atoms with van der Waals surface area (Å²) in [5.74, 6) is 0. The fourth-order valence-corrected chi connectivity index (χ4v) is 2.95. The van der Waals surface area contributed by atoms with Crippen LogP contribution in [0, 0.1) is 0 Å². The van der Waals surface area contributed by atoms with E-state index in [0.717, 1.165) is 12.8 Å². The van der Waals surface area contributed by atoms with Crippen molar-refractivity contribution in [2.75, 3.05) is 21.1 Å². The van der Waals surface area contributed by atoms with Gasteiger partial charge in [0.15, 0.2) is 0 Å². The summed E-state index contributed by atoms with van der Waals surface area (Å²) in [5.41, 5.74) is 3.70. The van der Waals surface area contributed by atoms with Gasteiger partial charge in [0.1, 0.15) is 0 Å². The second-order valence-corrected chi connectivity index (χ2v) is 5.15. The Bertz CT molecular complexity index is 484. The number of nitrogens with one attached hydrogen (secondary N) is 3. The highest BCUT2D eigenvalue weighted by Crippen LogP contribution is 2.31. The first-order valence-corrected chi connectivity index (χ1v) is 7.28. The Morgan fingerprint density at radius 1 is 1.00 bits per heavy atom. The van der Waals surface area contributed by atoms with Gasteiger partial charge in [-0.2, -0.15) is 0 Å². The lowest BCUT2D eigenvalue weighted by atomic mass is 9.84. The summed E-state index contributed by atoms with van der Waals surface area (Å²) in [4.78, 5) is 0. The van der Waals surface area contributed by atoms with Gasteiger partial charge in [-0.1, -0.05) is 42.5 Å². The van der Waals surface area contributed by atoms with E-state index in [9.17, 15) is 0 Å². The molecule has 0 aromatic heterocycles. The van der Waals surface area contributed by atoms with Crippen molar-refractivity contribution < 1.29 is 0 Å². The molecule has 3 heteroatoms. The number of rotatable bonds is 5. The predicted octanol–water partition coefficient (Wildman–Crippen LogP) is 2.49. The van der Waals surface area contributed by atoms with Gasteiger partial charge in [-0.3, -0.25) is 10.6 Å². The predicted molar refractivity (Wildman–Crippen MR) is 86.3 cm³/mol. The molecule has 2 rings (SSSR count). The van der Waals surface area contributed by atoms with E-state index in [-0.39, 0.29) is 5.66 Å². The van der Waals surface area contributed by atoms with Crippen LogP contribution in [0.15, 0.2) is 47.7 Å². The molecule has 0 aliphatic heterocycles. The van der Waals surface area contributed by atoms with Gasteiger partial charge in [-0.25, -0.2) is 0 Å². The summed E-state index contributed by atoms with van der Waals surface area (Å²) in [6.07, 6.45) is 7.80. The zero-order valence-corrected chi connectivity index (χ0v) is 12.7. The highest BCUT2D eigenvalue weighted by Gasteiger charge is 2.34. The zero-order chi connectivity index (χ0) is 14.4. The zero-order valence-electron chi connectivity index (χ0n) is 12.7. The first-order valence-electron chi connectivity index (χ1n) is 7.28. The topological polar surface area (TPSA) is 36.1 Å². The highest BCUT2D eigenvalue weighted by molar-refractivity contribution is 5.55. The molecule has 0 radical (unpaired) electrons. The molecule has 0 atom stereocenters. The minimum atomic E-state index is -0.137. The van der Waals surface area contributed by atoms with E-state index in [1.165, 1.54) is 23.3 Å². The molecule has 1 aliphatic rings. The third kappa shape index (κ3) is 2.94. The van der Waals surface area contributed by atoms with Crippen LogP contribution >= 0.6 is 0 Å². The van der Waals surface area contributed by atoms with Gasteiger partial charge in [0.2, 0.25) is 0 Å². The lowest BCUT2D eigenvalue weighted by Crippen LogP contribution is -2.57. The molecule has 0 saturated heterocycles. The smallest absolute Gasteiger partial charge is 0.0961 e. The van der Waals surface area contributed by atoms with E-state index in [1.807, 2.05) is 27.2 Å². The van der Waals surface area contributed by atoms with Crippen molar-refractivity contribution in [3.63, 3.8) is 0 Å². The van der Waals surface area contributed by atoms with Crippen molar-refractivity contribution in [3.05, 3.63) is 53.2 Å². The maximum absolute atomic E-state index is 3.46. The highest BCUT2D eigenvalue weighted by atomic mass is 15.2. The average molecular weight is 271 g/mol. The molecule has 108 valence electrons. The summed E-state index contributed by atoms with van der Waals surface area (Å²) in [6.45, 7) is 0. The van der Waals surface area contributed by atoms with E-state index in [2.05, 4.69) is 52.4 Å². The first-order chi connectivity index (χ1) is 9.75. The molecule has 1 aliphatic carbocycles. The summed E-state index contributed by atoms with van der Waals surface area (Å²) >= 11 is 0. The van der Waals surface area contributed by atoms with Gasteiger partial charge in [0.05, 0.1) is 5.66 Å². The van der Waals surface area contributed by atoms with E-state index in [0.29, 0.717) is 0 Å². The third-order valence-electron chi connectivity index (χ3n) is 4.16. The molecular weight excluding hydrogens is 246 g/mol. The normalized spacial score (nSPS) is 18.6. The van der Waals surface area contributed by atoms with Gasteiger partial charge in [-0.05, 0) is 38.9 Å². The SMILES string of the molecule is CNC1=C(C=Cc2ccccc2)C(NC)(NC)CCC1. The van der Waals surface area contributed by atoms with Crippen LogP contribution in [0.3, 0.4) is 0 Å². The van der Waals surface area contributed by atoms with Crippen LogP contribution in [0.1, 0.15) is 24.8 Å². The number of allylic oxidation sites excluding steroid dienone is 1. The van der Waals surface area contributed by atoms with Crippen LogP contribution in [0.2, 0.25) is 0 Å². The van der Waals surface area contributed by atoms with Crippen LogP contribution in [-0.4, -0.2) is 26.8 Å². The Kier molecular flexibility index (Phi) is 4.99. The molecule has 0 spiro atoms. The molecule has 0 heterocycles. The lowest BCUT2D eigenvalue weighted by molar-refractivity contribution is 0.306. The van der Waals surface area contributed by atoms with E-state index in [1.54, 1.807) is 0 Å². The second kappa shape index (κ2) is 6.73. The molecule has 0 saturated carbocycles. The fraction of sp³-hybridized carbons (Fsp3) is 0.412. The van der Waals surface area contributed by atoms with Gasteiger partial charge in [0.25, 0.3) is 0 Å². The quantitative estimate of drug-likeness (QED) is 0.720. The van der Waals surface area contributed by atoms with Crippen LogP contribution in [0.5, 0.6) is 0 Å². The molecular formula is C17H25N3. The molecule has 20 heavy (non-hydrogen) atoms.